The van der Waals surface area contributed by atoms with Crippen LogP contribution < -0.4 is 5.32 Å². The molecule has 1 aromatic heterocycles. The van der Waals surface area contributed by atoms with Crippen molar-refractivity contribution in [1.82, 2.24) is 10.3 Å². The maximum Gasteiger partial charge on any atom is 0.220 e. The molecular weight excluding hydrogens is 291 g/mol. The highest BCUT2D eigenvalue weighted by Gasteiger charge is 2.10. The predicted molar refractivity (Wildman–Crippen MR) is 80.7 cm³/mol. The van der Waals surface area contributed by atoms with E-state index in [1.165, 1.54) is 17.4 Å². The number of nitrogens with zero attached hydrogens (tertiary/aromatic N) is 1. The highest BCUT2D eigenvalue weighted by atomic mass is 32.1. The Kier molecular flexibility index (Phi) is 5.83. The van der Waals surface area contributed by atoms with Crippen LogP contribution in [0.25, 0.3) is 10.6 Å². The van der Waals surface area contributed by atoms with Crippen LogP contribution in [0.1, 0.15) is 12.1 Å². The molecule has 1 heterocycles. The van der Waals surface area contributed by atoms with Gasteiger partial charge in [-0.3, -0.25) is 4.79 Å². The lowest BCUT2D eigenvalue weighted by Gasteiger charge is -2.03. The number of halogens is 1. The van der Waals surface area contributed by atoms with E-state index in [1.54, 1.807) is 25.3 Å². The van der Waals surface area contributed by atoms with Crippen molar-refractivity contribution in [3.8, 4) is 10.6 Å². The summed E-state index contributed by atoms with van der Waals surface area (Å²) in [6.07, 6.45) is 0.911. The van der Waals surface area contributed by atoms with Crippen LogP contribution in [-0.2, 0) is 16.0 Å². The molecule has 0 bridgehead atoms. The third kappa shape index (κ3) is 4.61. The van der Waals surface area contributed by atoms with Crippen molar-refractivity contribution in [2.24, 2.45) is 0 Å². The van der Waals surface area contributed by atoms with Crippen molar-refractivity contribution in [2.75, 3.05) is 20.3 Å². The van der Waals surface area contributed by atoms with E-state index in [0.29, 0.717) is 36.6 Å². The lowest BCUT2D eigenvalue weighted by Crippen LogP contribution is -2.27. The average molecular weight is 308 g/mol. The molecule has 1 N–H and O–H groups in total. The molecule has 0 atom stereocenters. The minimum absolute atomic E-state index is 0.0347. The van der Waals surface area contributed by atoms with Crippen molar-refractivity contribution in [3.05, 3.63) is 41.2 Å². The van der Waals surface area contributed by atoms with E-state index in [1.807, 2.05) is 5.38 Å². The van der Waals surface area contributed by atoms with Gasteiger partial charge >= 0.3 is 0 Å². The van der Waals surface area contributed by atoms with Gasteiger partial charge in [-0.15, -0.1) is 11.3 Å². The first-order chi connectivity index (χ1) is 10.2. The molecule has 0 unspecified atom stereocenters. The van der Waals surface area contributed by atoms with E-state index < -0.39 is 0 Å². The number of hydrogen-bond acceptors (Lipinski definition) is 4. The topological polar surface area (TPSA) is 51.2 Å². The second kappa shape index (κ2) is 7.85. The predicted octanol–water partition coefficient (Wildman–Crippen LogP) is 2.64. The van der Waals surface area contributed by atoms with E-state index in [9.17, 15) is 9.18 Å². The number of thiazole rings is 1. The third-order valence-electron chi connectivity index (χ3n) is 2.89. The number of aryl methyl sites for hydroxylation is 1. The number of rotatable bonds is 7. The second-order valence-corrected chi connectivity index (χ2v) is 5.32. The summed E-state index contributed by atoms with van der Waals surface area (Å²) < 4.78 is 18.5. The zero-order chi connectivity index (χ0) is 15.1. The first-order valence-electron chi connectivity index (χ1n) is 6.65. The zero-order valence-electron chi connectivity index (χ0n) is 11.8. The first-order valence-corrected chi connectivity index (χ1v) is 7.53. The summed E-state index contributed by atoms with van der Waals surface area (Å²) >= 11 is 1.39. The van der Waals surface area contributed by atoms with Crippen molar-refractivity contribution < 1.29 is 13.9 Å². The Bertz CT molecular complexity index is 601. The minimum Gasteiger partial charge on any atom is -0.383 e. The normalized spacial score (nSPS) is 10.6. The van der Waals surface area contributed by atoms with E-state index in [4.69, 9.17) is 4.74 Å². The highest BCUT2D eigenvalue weighted by molar-refractivity contribution is 7.13. The minimum atomic E-state index is -0.282. The van der Waals surface area contributed by atoms with Crippen LogP contribution >= 0.6 is 11.3 Å². The largest absolute Gasteiger partial charge is 0.383 e. The fourth-order valence-corrected chi connectivity index (χ4v) is 2.68. The molecule has 2 rings (SSSR count). The quantitative estimate of drug-likeness (QED) is 0.800. The Balaban J connectivity index is 1.89. The summed E-state index contributed by atoms with van der Waals surface area (Å²) in [7, 11) is 1.59. The molecule has 0 aliphatic heterocycles. The Morgan fingerprint density at radius 2 is 2.24 bits per heavy atom. The molecule has 2 aromatic rings. The molecule has 6 heteroatoms. The number of carbonyl (C=O) groups is 1. The Labute approximate surface area is 127 Å². The standard InChI is InChI=1S/C15H17FN2O2S/c1-20-9-8-17-14(19)7-6-11-10-21-15(18-11)12-4-2-3-5-13(12)16/h2-5,10H,6-9H2,1H3,(H,17,19). The van der Waals surface area contributed by atoms with Gasteiger partial charge < -0.3 is 10.1 Å². The molecule has 1 aromatic carbocycles. The monoisotopic (exact) mass is 308 g/mol. The summed E-state index contributed by atoms with van der Waals surface area (Å²) in [5.74, 6) is -0.316. The summed E-state index contributed by atoms with van der Waals surface area (Å²) in [5.41, 5.74) is 1.30. The third-order valence-corrected chi connectivity index (χ3v) is 3.82. The van der Waals surface area contributed by atoms with Gasteiger partial charge in [-0.1, -0.05) is 12.1 Å². The number of amides is 1. The van der Waals surface area contributed by atoms with Gasteiger partial charge in [-0.25, -0.2) is 9.37 Å². The fourth-order valence-electron chi connectivity index (χ4n) is 1.80. The molecule has 0 fully saturated rings. The Hall–Kier alpha value is -1.79. The number of methoxy groups -OCH3 is 1. The van der Waals surface area contributed by atoms with Gasteiger partial charge in [0, 0.05) is 31.0 Å². The molecule has 0 radical (unpaired) electrons. The van der Waals surface area contributed by atoms with Gasteiger partial charge in [0.05, 0.1) is 12.3 Å². The number of hydrogen-bond donors (Lipinski definition) is 1. The molecule has 0 aliphatic rings. The first kappa shape index (κ1) is 15.6. The number of aromatic nitrogens is 1. The zero-order valence-corrected chi connectivity index (χ0v) is 12.6. The molecule has 0 saturated carbocycles. The van der Waals surface area contributed by atoms with E-state index in [2.05, 4.69) is 10.3 Å². The number of carbonyl (C=O) groups excluding carboxylic acids is 1. The SMILES string of the molecule is COCCNC(=O)CCc1csc(-c2ccccc2F)n1. The molecule has 112 valence electrons. The summed E-state index contributed by atoms with van der Waals surface area (Å²) in [6, 6.07) is 6.55. The molecule has 4 nitrogen and oxygen atoms in total. The fraction of sp³-hybridized carbons (Fsp3) is 0.333. The van der Waals surface area contributed by atoms with Crippen molar-refractivity contribution >= 4 is 17.2 Å². The van der Waals surface area contributed by atoms with Crippen LogP contribution in [0.4, 0.5) is 4.39 Å². The number of nitrogens with one attached hydrogen (secondary N) is 1. The van der Waals surface area contributed by atoms with Crippen LogP contribution in [0.2, 0.25) is 0 Å². The highest BCUT2D eigenvalue weighted by Crippen LogP contribution is 2.26. The smallest absolute Gasteiger partial charge is 0.220 e. The van der Waals surface area contributed by atoms with Crippen LogP contribution in [-0.4, -0.2) is 31.2 Å². The van der Waals surface area contributed by atoms with Gasteiger partial charge in [-0.2, -0.15) is 0 Å². The maximum absolute atomic E-state index is 13.7. The van der Waals surface area contributed by atoms with Crippen molar-refractivity contribution in [1.29, 1.82) is 0 Å². The van der Waals surface area contributed by atoms with E-state index in [0.717, 1.165) is 5.69 Å². The van der Waals surface area contributed by atoms with Crippen LogP contribution in [0.3, 0.4) is 0 Å². The van der Waals surface area contributed by atoms with Crippen molar-refractivity contribution in [3.63, 3.8) is 0 Å². The maximum atomic E-state index is 13.7. The summed E-state index contributed by atoms with van der Waals surface area (Å²) in [5, 5.41) is 5.26. The summed E-state index contributed by atoms with van der Waals surface area (Å²) in [6.45, 7) is 1.01. The Morgan fingerprint density at radius 1 is 1.43 bits per heavy atom. The lowest BCUT2D eigenvalue weighted by atomic mass is 10.2. The van der Waals surface area contributed by atoms with Crippen molar-refractivity contribution in [2.45, 2.75) is 12.8 Å². The molecule has 0 aliphatic carbocycles. The van der Waals surface area contributed by atoms with E-state index >= 15 is 0 Å². The number of benzene rings is 1. The van der Waals surface area contributed by atoms with Gasteiger partial charge in [-0.05, 0) is 18.6 Å². The Morgan fingerprint density at radius 3 is 3.00 bits per heavy atom. The average Bonchev–Trinajstić information content (AvgIpc) is 2.94. The lowest BCUT2D eigenvalue weighted by molar-refractivity contribution is -0.121. The summed E-state index contributed by atoms with van der Waals surface area (Å²) in [4.78, 5) is 16.0. The van der Waals surface area contributed by atoms with Gasteiger partial charge in [0.2, 0.25) is 5.91 Å². The molecule has 21 heavy (non-hydrogen) atoms. The van der Waals surface area contributed by atoms with Gasteiger partial charge in [0.15, 0.2) is 0 Å². The molecular formula is C15H17FN2O2S. The second-order valence-electron chi connectivity index (χ2n) is 4.47. The molecule has 1 amide bonds. The van der Waals surface area contributed by atoms with E-state index in [-0.39, 0.29) is 11.7 Å². The van der Waals surface area contributed by atoms with Gasteiger partial charge in [0.1, 0.15) is 10.8 Å². The number of ether oxygens (including phenoxy) is 1. The van der Waals surface area contributed by atoms with Crippen LogP contribution in [0.5, 0.6) is 0 Å². The molecule has 0 saturated heterocycles. The van der Waals surface area contributed by atoms with Gasteiger partial charge in [0.25, 0.3) is 0 Å². The van der Waals surface area contributed by atoms with Crippen LogP contribution in [0.15, 0.2) is 29.6 Å². The molecule has 0 spiro atoms. The van der Waals surface area contributed by atoms with Crippen LogP contribution in [0, 0.1) is 5.82 Å².